The third-order valence-corrected chi connectivity index (χ3v) is 3.35. The van der Waals surface area contributed by atoms with Crippen LogP contribution in [0.3, 0.4) is 0 Å². The van der Waals surface area contributed by atoms with Gasteiger partial charge < -0.3 is 5.11 Å². The van der Waals surface area contributed by atoms with E-state index in [0.717, 1.165) is 10.1 Å². The van der Waals surface area contributed by atoms with Crippen molar-refractivity contribution in [3.8, 4) is 6.07 Å². The number of thiophene rings is 1. The molecule has 0 unspecified atom stereocenters. The lowest BCUT2D eigenvalue weighted by Gasteiger charge is -1.90. The van der Waals surface area contributed by atoms with Crippen LogP contribution in [0.1, 0.15) is 10.4 Å². The number of rotatable bonds is 1. The van der Waals surface area contributed by atoms with E-state index in [1.165, 1.54) is 11.3 Å². The second kappa shape index (κ2) is 3.58. The molecule has 0 atom stereocenters. The number of aliphatic hydroxyl groups is 1. The van der Waals surface area contributed by atoms with Crippen LogP contribution in [0.2, 0.25) is 5.02 Å². The molecule has 0 saturated heterocycles. The van der Waals surface area contributed by atoms with Crippen molar-refractivity contribution < 1.29 is 5.11 Å². The van der Waals surface area contributed by atoms with E-state index in [2.05, 4.69) is 6.07 Å². The van der Waals surface area contributed by atoms with E-state index in [1.807, 2.05) is 12.1 Å². The minimum absolute atomic E-state index is 0.0974. The lowest BCUT2D eigenvalue weighted by atomic mass is 10.1. The van der Waals surface area contributed by atoms with Crippen molar-refractivity contribution in [2.45, 2.75) is 6.61 Å². The van der Waals surface area contributed by atoms with Gasteiger partial charge in [-0.25, -0.2) is 0 Å². The second-order valence-electron chi connectivity index (χ2n) is 2.81. The zero-order valence-corrected chi connectivity index (χ0v) is 8.69. The normalized spacial score (nSPS) is 10.4. The van der Waals surface area contributed by atoms with Gasteiger partial charge >= 0.3 is 0 Å². The topological polar surface area (TPSA) is 44.0 Å². The number of halogens is 1. The van der Waals surface area contributed by atoms with E-state index in [1.54, 1.807) is 6.07 Å². The number of benzene rings is 1. The standard InChI is InChI=1S/C10H6ClNOS/c11-6-1-2-7-8(4-12)10(5-13)14-9(7)3-6/h1-3,13H,5H2. The van der Waals surface area contributed by atoms with Gasteiger partial charge in [-0.1, -0.05) is 17.7 Å². The van der Waals surface area contributed by atoms with E-state index in [9.17, 15) is 0 Å². The Kier molecular flexibility index (Phi) is 2.42. The van der Waals surface area contributed by atoms with E-state index < -0.39 is 0 Å². The van der Waals surface area contributed by atoms with Crippen LogP contribution in [0.25, 0.3) is 10.1 Å². The van der Waals surface area contributed by atoms with E-state index in [0.29, 0.717) is 15.5 Å². The number of nitriles is 1. The van der Waals surface area contributed by atoms with Gasteiger partial charge in [0.1, 0.15) is 6.07 Å². The van der Waals surface area contributed by atoms with E-state index in [4.69, 9.17) is 22.0 Å². The molecule has 14 heavy (non-hydrogen) atoms. The molecule has 1 heterocycles. The smallest absolute Gasteiger partial charge is 0.101 e. The first kappa shape index (κ1) is 9.47. The van der Waals surface area contributed by atoms with Crippen LogP contribution in [0.5, 0.6) is 0 Å². The summed E-state index contributed by atoms with van der Waals surface area (Å²) in [5.41, 5.74) is 0.559. The third kappa shape index (κ3) is 1.38. The average Bonchev–Trinajstić information content (AvgIpc) is 2.54. The molecule has 0 spiro atoms. The molecule has 2 aromatic rings. The van der Waals surface area contributed by atoms with Gasteiger partial charge in [0.25, 0.3) is 0 Å². The largest absolute Gasteiger partial charge is 0.391 e. The fourth-order valence-electron chi connectivity index (χ4n) is 1.36. The van der Waals surface area contributed by atoms with Crippen LogP contribution in [0.4, 0.5) is 0 Å². The fraction of sp³-hybridized carbons (Fsp3) is 0.100. The zero-order valence-electron chi connectivity index (χ0n) is 7.12. The van der Waals surface area contributed by atoms with Crippen molar-refractivity contribution in [2.24, 2.45) is 0 Å². The van der Waals surface area contributed by atoms with Crippen LogP contribution in [0, 0.1) is 11.3 Å². The molecule has 0 amide bonds. The predicted molar refractivity (Wildman–Crippen MR) is 57.5 cm³/mol. The molecule has 2 rings (SSSR count). The SMILES string of the molecule is N#Cc1c(CO)sc2cc(Cl)ccc12. The Hall–Kier alpha value is -1.08. The molecule has 0 fully saturated rings. The summed E-state index contributed by atoms with van der Waals surface area (Å²) in [7, 11) is 0. The molecule has 0 saturated carbocycles. The maximum atomic E-state index is 9.05. The Balaban J connectivity index is 2.81. The van der Waals surface area contributed by atoms with Gasteiger partial charge in [0.15, 0.2) is 0 Å². The van der Waals surface area contributed by atoms with Gasteiger partial charge in [0.2, 0.25) is 0 Å². The Bertz CT molecular complexity index is 527. The Morgan fingerprint density at radius 3 is 2.93 bits per heavy atom. The molecule has 0 aliphatic heterocycles. The average molecular weight is 224 g/mol. The lowest BCUT2D eigenvalue weighted by molar-refractivity contribution is 0.285. The summed E-state index contributed by atoms with van der Waals surface area (Å²) in [6.45, 7) is -0.0974. The monoisotopic (exact) mass is 223 g/mol. The molecule has 1 N–H and O–H groups in total. The minimum Gasteiger partial charge on any atom is -0.391 e. The number of fused-ring (bicyclic) bond motifs is 1. The first-order valence-electron chi connectivity index (χ1n) is 3.98. The molecular formula is C10H6ClNOS. The van der Waals surface area contributed by atoms with Gasteiger partial charge in [-0.2, -0.15) is 5.26 Å². The summed E-state index contributed by atoms with van der Waals surface area (Å²) in [4.78, 5) is 0.699. The maximum Gasteiger partial charge on any atom is 0.101 e. The highest BCUT2D eigenvalue weighted by Gasteiger charge is 2.10. The Morgan fingerprint density at radius 1 is 1.50 bits per heavy atom. The van der Waals surface area contributed by atoms with Gasteiger partial charge in [-0.3, -0.25) is 0 Å². The summed E-state index contributed by atoms with van der Waals surface area (Å²) in [6, 6.07) is 7.46. The van der Waals surface area contributed by atoms with Gasteiger partial charge in [0, 0.05) is 20.0 Å². The van der Waals surface area contributed by atoms with Gasteiger partial charge in [0.05, 0.1) is 12.2 Å². The van der Waals surface area contributed by atoms with Crippen LogP contribution in [0.15, 0.2) is 18.2 Å². The molecule has 0 aliphatic rings. The van der Waals surface area contributed by atoms with Gasteiger partial charge in [-0.05, 0) is 12.1 Å². The van der Waals surface area contributed by atoms with Crippen molar-refractivity contribution in [3.63, 3.8) is 0 Å². The van der Waals surface area contributed by atoms with Crippen molar-refractivity contribution in [1.29, 1.82) is 5.26 Å². The first-order valence-corrected chi connectivity index (χ1v) is 5.17. The highest BCUT2D eigenvalue weighted by atomic mass is 35.5. The highest BCUT2D eigenvalue weighted by Crippen LogP contribution is 2.32. The van der Waals surface area contributed by atoms with Crippen molar-refractivity contribution in [1.82, 2.24) is 0 Å². The Morgan fingerprint density at radius 2 is 2.29 bits per heavy atom. The van der Waals surface area contributed by atoms with Crippen LogP contribution >= 0.6 is 22.9 Å². The number of hydrogen-bond donors (Lipinski definition) is 1. The molecule has 1 aromatic heterocycles. The Labute approximate surface area is 90.0 Å². The van der Waals surface area contributed by atoms with Crippen molar-refractivity contribution in [3.05, 3.63) is 33.7 Å². The fourth-order valence-corrected chi connectivity index (χ4v) is 2.65. The van der Waals surface area contributed by atoms with Gasteiger partial charge in [-0.15, -0.1) is 11.3 Å². The van der Waals surface area contributed by atoms with E-state index in [-0.39, 0.29) is 6.61 Å². The zero-order chi connectivity index (χ0) is 10.1. The van der Waals surface area contributed by atoms with Crippen LogP contribution in [-0.2, 0) is 6.61 Å². The second-order valence-corrected chi connectivity index (χ2v) is 4.38. The molecular weight excluding hydrogens is 218 g/mol. The van der Waals surface area contributed by atoms with Crippen LogP contribution in [-0.4, -0.2) is 5.11 Å². The quantitative estimate of drug-likeness (QED) is 0.808. The number of nitrogens with zero attached hydrogens (tertiary/aromatic N) is 1. The third-order valence-electron chi connectivity index (χ3n) is 1.98. The highest BCUT2D eigenvalue weighted by molar-refractivity contribution is 7.19. The summed E-state index contributed by atoms with van der Waals surface area (Å²) in [5.74, 6) is 0. The minimum atomic E-state index is -0.0974. The molecule has 0 bridgehead atoms. The van der Waals surface area contributed by atoms with E-state index >= 15 is 0 Å². The predicted octanol–water partition coefficient (Wildman–Crippen LogP) is 2.92. The molecule has 4 heteroatoms. The maximum absolute atomic E-state index is 9.05. The summed E-state index contributed by atoms with van der Waals surface area (Å²) in [5, 5.41) is 19.5. The first-order chi connectivity index (χ1) is 6.76. The molecule has 2 nitrogen and oxygen atoms in total. The van der Waals surface area contributed by atoms with Crippen molar-refractivity contribution in [2.75, 3.05) is 0 Å². The number of aliphatic hydroxyl groups excluding tert-OH is 1. The molecule has 0 aliphatic carbocycles. The number of hydrogen-bond acceptors (Lipinski definition) is 3. The van der Waals surface area contributed by atoms with Crippen LogP contribution < -0.4 is 0 Å². The molecule has 70 valence electrons. The summed E-state index contributed by atoms with van der Waals surface area (Å²) >= 11 is 7.23. The summed E-state index contributed by atoms with van der Waals surface area (Å²) in [6.07, 6.45) is 0. The molecule has 1 aromatic carbocycles. The lowest BCUT2D eigenvalue weighted by Crippen LogP contribution is -1.80. The summed E-state index contributed by atoms with van der Waals surface area (Å²) < 4.78 is 0.943. The van der Waals surface area contributed by atoms with Crippen molar-refractivity contribution >= 4 is 33.0 Å². The molecule has 0 radical (unpaired) electrons.